The Labute approximate surface area is 112 Å². The number of aryl methyl sites for hydroxylation is 1. The van der Waals surface area contributed by atoms with Crippen LogP contribution in [0.5, 0.6) is 5.75 Å². The number of benzene rings is 1. The third-order valence-electron chi connectivity index (χ3n) is 3.21. The number of nitrogens with one attached hydrogen (secondary N) is 1. The van der Waals surface area contributed by atoms with Crippen LogP contribution in [0.1, 0.15) is 17.0 Å². The SMILES string of the molecule is COc1ccc(-c2cnc(CCCl)[nH]2)c(C)c1C. The number of imidazole rings is 1. The zero-order valence-electron chi connectivity index (χ0n) is 10.9. The lowest BCUT2D eigenvalue weighted by Crippen LogP contribution is -1.93. The van der Waals surface area contributed by atoms with Gasteiger partial charge in [0.15, 0.2) is 0 Å². The molecule has 1 aromatic carbocycles. The molecule has 0 fully saturated rings. The summed E-state index contributed by atoms with van der Waals surface area (Å²) in [6.07, 6.45) is 2.62. The van der Waals surface area contributed by atoms with Crippen LogP contribution in [0.15, 0.2) is 18.3 Å². The number of methoxy groups -OCH3 is 1. The monoisotopic (exact) mass is 264 g/mol. The number of nitrogens with zero attached hydrogens (tertiary/aromatic N) is 1. The first kappa shape index (κ1) is 13.0. The van der Waals surface area contributed by atoms with E-state index in [0.717, 1.165) is 34.8 Å². The Morgan fingerprint density at radius 1 is 1.28 bits per heavy atom. The summed E-state index contributed by atoms with van der Waals surface area (Å²) in [7, 11) is 1.69. The number of hydrogen-bond acceptors (Lipinski definition) is 2. The molecule has 0 aliphatic carbocycles. The van der Waals surface area contributed by atoms with Crippen LogP contribution in [-0.4, -0.2) is 23.0 Å². The Bertz CT molecular complexity index is 549. The Hall–Kier alpha value is -1.48. The van der Waals surface area contributed by atoms with Crippen LogP contribution in [0.3, 0.4) is 0 Å². The van der Waals surface area contributed by atoms with Crippen LogP contribution >= 0.6 is 11.6 Å². The minimum absolute atomic E-state index is 0.577. The van der Waals surface area contributed by atoms with Gasteiger partial charge in [0.25, 0.3) is 0 Å². The first-order valence-corrected chi connectivity index (χ1v) is 6.45. The van der Waals surface area contributed by atoms with Crippen LogP contribution in [0.2, 0.25) is 0 Å². The number of aromatic amines is 1. The maximum atomic E-state index is 5.71. The smallest absolute Gasteiger partial charge is 0.122 e. The molecular weight excluding hydrogens is 248 g/mol. The van der Waals surface area contributed by atoms with E-state index in [4.69, 9.17) is 16.3 Å². The zero-order valence-corrected chi connectivity index (χ0v) is 11.6. The fourth-order valence-corrected chi connectivity index (χ4v) is 2.20. The van der Waals surface area contributed by atoms with Crippen molar-refractivity contribution in [3.63, 3.8) is 0 Å². The number of aromatic nitrogens is 2. The van der Waals surface area contributed by atoms with Crippen molar-refractivity contribution >= 4 is 11.6 Å². The first-order chi connectivity index (χ1) is 8.67. The summed E-state index contributed by atoms with van der Waals surface area (Å²) >= 11 is 5.71. The summed E-state index contributed by atoms with van der Waals surface area (Å²) in [4.78, 5) is 7.62. The largest absolute Gasteiger partial charge is 0.496 e. The standard InChI is InChI=1S/C14H17ClN2O/c1-9-10(2)13(18-3)5-4-11(9)12-8-16-14(17-12)6-7-15/h4-5,8H,6-7H2,1-3H3,(H,16,17). The molecular formula is C14H17ClN2O. The molecule has 1 N–H and O–H groups in total. The van der Waals surface area contributed by atoms with Gasteiger partial charge in [-0.05, 0) is 37.1 Å². The molecule has 2 aromatic rings. The Morgan fingerprint density at radius 2 is 2.06 bits per heavy atom. The summed E-state index contributed by atoms with van der Waals surface area (Å²) in [6.45, 7) is 4.16. The van der Waals surface area contributed by atoms with Crippen molar-refractivity contribution in [3.8, 4) is 17.0 Å². The minimum atomic E-state index is 0.577. The number of H-pyrrole nitrogens is 1. The fraction of sp³-hybridized carbons (Fsp3) is 0.357. The third kappa shape index (κ3) is 2.36. The zero-order chi connectivity index (χ0) is 13.1. The van der Waals surface area contributed by atoms with Crippen LogP contribution in [-0.2, 0) is 6.42 Å². The van der Waals surface area contributed by atoms with Crippen LogP contribution in [0.4, 0.5) is 0 Å². The predicted octanol–water partition coefficient (Wildman–Crippen LogP) is 3.48. The van der Waals surface area contributed by atoms with E-state index in [1.54, 1.807) is 7.11 Å². The summed E-state index contributed by atoms with van der Waals surface area (Å²) in [6, 6.07) is 4.04. The van der Waals surface area contributed by atoms with Gasteiger partial charge in [0.2, 0.25) is 0 Å². The highest BCUT2D eigenvalue weighted by Gasteiger charge is 2.10. The van der Waals surface area contributed by atoms with Crippen LogP contribution in [0.25, 0.3) is 11.3 Å². The molecule has 0 aliphatic rings. The predicted molar refractivity (Wildman–Crippen MR) is 74.5 cm³/mol. The normalized spacial score (nSPS) is 10.7. The quantitative estimate of drug-likeness (QED) is 0.859. The van der Waals surface area contributed by atoms with Gasteiger partial charge in [-0.3, -0.25) is 0 Å². The average molecular weight is 265 g/mol. The molecule has 2 rings (SSSR count). The average Bonchev–Trinajstić information content (AvgIpc) is 2.81. The van der Waals surface area contributed by atoms with E-state index in [0.29, 0.717) is 5.88 Å². The van der Waals surface area contributed by atoms with Gasteiger partial charge in [-0.1, -0.05) is 0 Å². The van der Waals surface area contributed by atoms with E-state index in [2.05, 4.69) is 29.9 Å². The van der Waals surface area contributed by atoms with Gasteiger partial charge in [-0.25, -0.2) is 4.98 Å². The number of alkyl halides is 1. The van der Waals surface area contributed by atoms with Crippen molar-refractivity contribution in [3.05, 3.63) is 35.3 Å². The van der Waals surface area contributed by atoms with Crippen molar-refractivity contribution in [2.24, 2.45) is 0 Å². The second-order valence-corrected chi connectivity index (χ2v) is 4.63. The van der Waals surface area contributed by atoms with Crippen molar-refractivity contribution < 1.29 is 4.74 Å². The Morgan fingerprint density at radius 3 is 2.72 bits per heavy atom. The first-order valence-electron chi connectivity index (χ1n) is 5.91. The second-order valence-electron chi connectivity index (χ2n) is 4.25. The molecule has 0 spiro atoms. The maximum absolute atomic E-state index is 5.71. The van der Waals surface area contributed by atoms with Crippen molar-refractivity contribution in [1.82, 2.24) is 9.97 Å². The number of rotatable bonds is 4. The van der Waals surface area contributed by atoms with E-state index in [-0.39, 0.29) is 0 Å². The lowest BCUT2D eigenvalue weighted by molar-refractivity contribution is 0.411. The van der Waals surface area contributed by atoms with Gasteiger partial charge in [0.05, 0.1) is 19.0 Å². The molecule has 96 valence electrons. The Balaban J connectivity index is 2.41. The highest BCUT2D eigenvalue weighted by molar-refractivity contribution is 6.17. The molecule has 18 heavy (non-hydrogen) atoms. The van der Waals surface area contributed by atoms with Gasteiger partial charge in [0.1, 0.15) is 11.6 Å². The lowest BCUT2D eigenvalue weighted by Gasteiger charge is -2.11. The second kappa shape index (κ2) is 5.44. The summed E-state index contributed by atoms with van der Waals surface area (Å²) < 4.78 is 5.32. The third-order valence-corrected chi connectivity index (χ3v) is 3.40. The van der Waals surface area contributed by atoms with Gasteiger partial charge in [-0.15, -0.1) is 11.6 Å². The molecule has 0 radical (unpaired) electrons. The fourth-order valence-electron chi connectivity index (χ4n) is 2.02. The lowest BCUT2D eigenvalue weighted by atomic mass is 10.0. The van der Waals surface area contributed by atoms with E-state index in [9.17, 15) is 0 Å². The van der Waals surface area contributed by atoms with E-state index in [1.807, 2.05) is 12.3 Å². The number of halogens is 1. The number of ether oxygens (including phenoxy) is 1. The molecule has 0 amide bonds. The molecule has 0 aliphatic heterocycles. The topological polar surface area (TPSA) is 37.9 Å². The molecule has 1 aromatic heterocycles. The molecule has 0 saturated carbocycles. The van der Waals surface area contributed by atoms with E-state index in [1.165, 1.54) is 5.56 Å². The van der Waals surface area contributed by atoms with Crippen molar-refractivity contribution in [1.29, 1.82) is 0 Å². The highest BCUT2D eigenvalue weighted by atomic mass is 35.5. The molecule has 0 bridgehead atoms. The van der Waals surface area contributed by atoms with Crippen molar-refractivity contribution in [2.45, 2.75) is 20.3 Å². The molecule has 4 heteroatoms. The van der Waals surface area contributed by atoms with Crippen LogP contribution in [0, 0.1) is 13.8 Å². The van der Waals surface area contributed by atoms with Crippen LogP contribution < -0.4 is 4.74 Å². The van der Waals surface area contributed by atoms with Gasteiger partial charge < -0.3 is 9.72 Å². The molecule has 0 unspecified atom stereocenters. The number of hydrogen-bond donors (Lipinski definition) is 1. The molecule has 0 atom stereocenters. The summed E-state index contributed by atoms with van der Waals surface area (Å²) in [5.74, 6) is 2.41. The molecule has 3 nitrogen and oxygen atoms in total. The maximum Gasteiger partial charge on any atom is 0.122 e. The Kier molecular flexibility index (Phi) is 3.92. The molecule has 1 heterocycles. The minimum Gasteiger partial charge on any atom is -0.496 e. The van der Waals surface area contributed by atoms with Gasteiger partial charge in [-0.2, -0.15) is 0 Å². The molecule has 0 saturated heterocycles. The van der Waals surface area contributed by atoms with E-state index < -0.39 is 0 Å². The van der Waals surface area contributed by atoms with Crippen molar-refractivity contribution in [2.75, 3.05) is 13.0 Å². The van der Waals surface area contributed by atoms with Gasteiger partial charge >= 0.3 is 0 Å². The highest BCUT2D eigenvalue weighted by Crippen LogP contribution is 2.30. The van der Waals surface area contributed by atoms with Gasteiger partial charge in [0, 0.05) is 17.9 Å². The summed E-state index contributed by atoms with van der Waals surface area (Å²) in [5, 5.41) is 0. The summed E-state index contributed by atoms with van der Waals surface area (Å²) in [5.41, 5.74) is 4.54. The van der Waals surface area contributed by atoms with E-state index >= 15 is 0 Å².